The van der Waals surface area contributed by atoms with Crippen LogP contribution in [-0.4, -0.2) is 39.2 Å². The molecule has 0 fully saturated rings. The van der Waals surface area contributed by atoms with Gasteiger partial charge in [0.25, 0.3) is 0 Å². The molecule has 2 rings (SSSR count). The van der Waals surface area contributed by atoms with E-state index in [0.29, 0.717) is 16.4 Å². The number of nitrogens with one attached hydrogen (secondary N) is 1. The second kappa shape index (κ2) is 6.17. The molecule has 0 bridgehead atoms. The quantitative estimate of drug-likeness (QED) is 0.886. The number of amides is 1. The molecule has 0 spiro atoms. The van der Waals surface area contributed by atoms with Crippen LogP contribution in [0.25, 0.3) is 5.69 Å². The van der Waals surface area contributed by atoms with Crippen molar-refractivity contribution < 1.29 is 14.6 Å². The lowest BCUT2D eigenvalue weighted by Gasteiger charge is -2.11. The topological polar surface area (TPSA) is 89.3 Å². The zero-order valence-corrected chi connectivity index (χ0v) is 10.5. The molecular weight excluding hydrogens is 272 g/mol. The van der Waals surface area contributed by atoms with Crippen molar-refractivity contribution in [2.24, 2.45) is 0 Å². The van der Waals surface area contributed by atoms with Crippen LogP contribution in [0.1, 0.15) is 0 Å². The summed E-state index contributed by atoms with van der Waals surface area (Å²) in [6.45, 7) is -0.316. The minimum atomic E-state index is -0.683. The van der Waals surface area contributed by atoms with E-state index >= 15 is 0 Å². The fourth-order valence-electron chi connectivity index (χ4n) is 1.43. The van der Waals surface area contributed by atoms with Gasteiger partial charge in [-0.15, -0.1) is 0 Å². The minimum Gasteiger partial charge on any atom is -0.447 e. The number of aromatic nitrogens is 3. The van der Waals surface area contributed by atoms with E-state index in [-0.39, 0.29) is 13.2 Å². The SMILES string of the molecule is O=C(Nc1cc(Cl)ccc1-n1cncn1)OCCO. The lowest BCUT2D eigenvalue weighted by molar-refractivity contribution is 0.131. The molecule has 0 aliphatic heterocycles. The number of rotatable bonds is 4. The first-order valence-corrected chi connectivity index (χ1v) is 5.77. The standard InChI is InChI=1S/C11H11ClN4O3/c12-8-1-2-10(16-7-13-6-14-16)9(5-8)15-11(18)19-4-3-17/h1-2,5-7,17H,3-4H2,(H,15,18). The second-order valence-corrected chi connectivity index (χ2v) is 3.92. The first-order chi connectivity index (χ1) is 9.20. The minimum absolute atomic E-state index is 0.0783. The molecule has 1 heterocycles. The number of carbonyl (C=O) groups is 1. The van der Waals surface area contributed by atoms with Crippen LogP contribution >= 0.6 is 11.6 Å². The Kier molecular flexibility index (Phi) is 4.32. The number of aliphatic hydroxyl groups is 1. The van der Waals surface area contributed by atoms with Gasteiger partial charge in [-0.25, -0.2) is 14.5 Å². The molecule has 0 atom stereocenters. The van der Waals surface area contributed by atoms with Crippen LogP contribution in [-0.2, 0) is 4.74 Å². The van der Waals surface area contributed by atoms with Crippen molar-refractivity contribution in [3.8, 4) is 5.69 Å². The first kappa shape index (κ1) is 13.3. The summed E-state index contributed by atoms with van der Waals surface area (Å²) in [6.07, 6.45) is 2.19. The number of aliphatic hydroxyl groups excluding tert-OH is 1. The van der Waals surface area contributed by atoms with E-state index < -0.39 is 6.09 Å². The number of hydrogen-bond acceptors (Lipinski definition) is 5. The molecule has 2 N–H and O–H groups in total. The van der Waals surface area contributed by atoms with Gasteiger partial charge >= 0.3 is 6.09 Å². The Morgan fingerprint density at radius 2 is 2.37 bits per heavy atom. The summed E-state index contributed by atoms with van der Waals surface area (Å²) in [5.41, 5.74) is 1.03. The van der Waals surface area contributed by atoms with E-state index in [4.69, 9.17) is 21.4 Å². The molecule has 0 aliphatic rings. The fourth-order valence-corrected chi connectivity index (χ4v) is 1.60. The number of benzene rings is 1. The average molecular weight is 283 g/mol. The fraction of sp³-hybridized carbons (Fsp3) is 0.182. The van der Waals surface area contributed by atoms with Crippen molar-refractivity contribution in [1.82, 2.24) is 14.8 Å². The maximum absolute atomic E-state index is 11.5. The van der Waals surface area contributed by atoms with Gasteiger partial charge in [-0.3, -0.25) is 5.32 Å². The summed E-state index contributed by atoms with van der Waals surface area (Å²) < 4.78 is 6.20. The van der Waals surface area contributed by atoms with Crippen molar-refractivity contribution in [3.05, 3.63) is 35.9 Å². The first-order valence-electron chi connectivity index (χ1n) is 5.40. The van der Waals surface area contributed by atoms with Gasteiger partial charge in [0.1, 0.15) is 19.3 Å². The van der Waals surface area contributed by atoms with Gasteiger partial charge < -0.3 is 9.84 Å². The van der Waals surface area contributed by atoms with Crippen LogP contribution in [0.15, 0.2) is 30.9 Å². The van der Waals surface area contributed by atoms with Crippen molar-refractivity contribution in [1.29, 1.82) is 0 Å². The van der Waals surface area contributed by atoms with Gasteiger partial charge in [-0.2, -0.15) is 5.10 Å². The third-order valence-corrected chi connectivity index (χ3v) is 2.42. The molecule has 0 saturated heterocycles. The molecule has 0 saturated carbocycles. The lowest BCUT2D eigenvalue weighted by atomic mass is 10.2. The Hall–Kier alpha value is -2.12. The highest BCUT2D eigenvalue weighted by atomic mass is 35.5. The van der Waals surface area contributed by atoms with Gasteiger partial charge in [0, 0.05) is 5.02 Å². The molecule has 7 nitrogen and oxygen atoms in total. The molecular formula is C11H11ClN4O3. The largest absolute Gasteiger partial charge is 0.447 e. The number of carbonyl (C=O) groups excluding carboxylic acids is 1. The zero-order chi connectivity index (χ0) is 13.7. The summed E-state index contributed by atoms with van der Waals surface area (Å²) in [5, 5.41) is 15.5. The van der Waals surface area contributed by atoms with Gasteiger partial charge in [0.15, 0.2) is 0 Å². The third kappa shape index (κ3) is 3.43. The number of halogens is 1. The predicted octanol–water partition coefficient (Wildman–Crippen LogP) is 1.46. The van der Waals surface area contributed by atoms with Crippen LogP contribution in [0.5, 0.6) is 0 Å². The third-order valence-electron chi connectivity index (χ3n) is 2.19. The van der Waals surface area contributed by atoms with E-state index in [1.807, 2.05) is 0 Å². The van der Waals surface area contributed by atoms with E-state index in [0.717, 1.165) is 0 Å². The predicted molar refractivity (Wildman–Crippen MR) is 68.4 cm³/mol. The Morgan fingerprint density at radius 3 is 3.05 bits per heavy atom. The van der Waals surface area contributed by atoms with Gasteiger partial charge in [-0.1, -0.05) is 11.6 Å². The highest BCUT2D eigenvalue weighted by molar-refractivity contribution is 6.31. The van der Waals surface area contributed by atoms with Crippen LogP contribution < -0.4 is 5.32 Å². The smallest absolute Gasteiger partial charge is 0.411 e. The van der Waals surface area contributed by atoms with Gasteiger partial charge in [0.05, 0.1) is 18.0 Å². The highest BCUT2D eigenvalue weighted by Crippen LogP contribution is 2.23. The number of ether oxygens (including phenoxy) is 1. The van der Waals surface area contributed by atoms with Crippen LogP contribution in [0, 0.1) is 0 Å². The normalized spacial score (nSPS) is 10.2. The van der Waals surface area contributed by atoms with Crippen molar-refractivity contribution in [3.63, 3.8) is 0 Å². The summed E-state index contributed by atoms with van der Waals surface area (Å²) in [4.78, 5) is 15.3. The average Bonchev–Trinajstić information content (AvgIpc) is 2.90. The molecule has 1 amide bonds. The summed E-state index contributed by atoms with van der Waals surface area (Å²) in [5.74, 6) is 0. The molecule has 8 heteroatoms. The van der Waals surface area contributed by atoms with Crippen LogP contribution in [0.4, 0.5) is 10.5 Å². The molecule has 2 aromatic rings. The van der Waals surface area contributed by atoms with Crippen molar-refractivity contribution >= 4 is 23.4 Å². The molecule has 19 heavy (non-hydrogen) atoms. The van der Waals surface area contributed by atoms with Crippen molar-refractivity contribution in [2.45, 2.75) is 0 Å². The molecule has 1 aromatic carbocycles. The van der Waals surface area contributed by atoms with E-state index in [1.54, 1.807) is 18.2 Å². The molecule has 1 aromatic heterocycles. The maximum Gasteiger partial charge on any atom is 0.411 e. The van der Waals surface area contributed by atoms with Crippen LogP contribution in [0.2, 0.25) is 5.02 Å². The van der Waals surface area contributed by atoms with Crippen molar-refractivity contribution in [2.75, 3.05) is 18.5 Å². The number of hydrogen-bond donors (Lipinski definition) is 2. The Labute approximate surface area is 113 Å². The maximum atomic E-state index is 11.5. The van der Waals surface area contributed by atoms with E-state index in [1.165, 1.54) is 17.3 Å². The highest BCUT2D eigenvalue weighted by Gasteiger charge is 2.10. The Balaban J connectivity index is 2.23. The monoisotopic (exact) mass is 282 g/mol. The molecule has 100 valence electrons. The lowest BCUT2D eigenvalue weighted by Crippen LogP contribution is -2.17. The van der Waals surface area contributed by atoms with E-state index in [2.05, 4.69) is 15.4 Å². The number of nitrogens with zero attached hydrogens (tertiary/aromatic N) is 3. The second-order valence-electron chi connectivity index (χ2n) is 3.49. The Morgan fingerprint density at radius 1 is 1.53 bits per heavy atom. The number of anilines is 1. The summed E-state index contributed by atoms with van der Waals surface area (Å²) in [6, 6.07) is 4.93. The van der Waals surface area contributed by atoms with Gasteiger partial charge in [-0.05, 0) is 18.2 Å². The van der Waals surface area contributed by atoms with E-state index in [9.17, 15) is 4.79 Å². The summed E-state index contributed by atoms with van der Waals surface area (Å²) in [7, 11) is 0. The molecule has 0 radical (unpaired) electrons. The van der Waals surface area contributed by atoms with Crippen LogP contribution in [0.3, 0.4) is 0 Å². The molecule has 0 unspecified atom stereocenters. The Bertz CT molecular complexity index is 559. The molecule has 0 aliphatic carbocycles. The van der Waals surface area contributed by atoms with Gasteiger partial charge in [0.2, 0.25) is 0 Å². The zero-order valence-electron chi connectivity index (χ0n) is 9.78. The summed E-state index contributed by atoms with van der Waals surface area (Å²) >= 11 is 5.89.